The lowest BCUT2D eigenvalue weighted by Crippen LogP contribution is -2.25. The van der Waals surface area contributed by atoms with Crippen molar-refractivity contribution in [3.05, 3.63) is 17.5 Å². The molecule has 2 N–H and O–H groups in total. The Morgan fingerprint density at radius 2 is 2.31 bits per heavy atom. The summed E-state index contributed by atoms with van der Waals surface area (Å²) >= 11 is 5.74. The van der Waals surface area contributed by atoms with Crippen LogP contribution in [0.15, 0.2) is 12.4 Å². The van der Waals surface area contributed by atoms with Gasteiger partial charge in [-0.1, -0.05) is 18.0 Å². The van der Waals surface area contributed by atoms with Crippen molar-refractivity contribution in [3.63, 3.8) is 0 Å². The lowest BCUT2D eigenvalue weighted by molar-refractivity contribution is 0.104. The van der Waals surface area contributed by atoms with Crippen molar-refractivity contribution < 1.29 is 5.11 Å². The number of rotatable bonds is 3. The third kappa shape index (κ3) is 3.32. The molecular weight excluding hydrogens is 226 g/mol. The zero-order chi connectivity index (χ0) is 11.4. The van der Waals surface area contributed by atoms with Crippen LogP contribution >= 0.6 is 11.6 Å². The van der Waals surface area contributed by atoms with Crippen molar-refractivity contribution in [2.24, 2.45) is 5.92 Å². The zero-order valence-electron chi connectivity index (χ0n) is 9.06. The van der Waals surface area contributed by atoms with Crippen molar-refractivity contribution in [1.82, 2.24) is 9.97 Å². The summed E-state index contributed by atoms with van der Waals surface area (Å²) < 4.78 is 0. The predicted molar refractivity (Wildman–Crippen MR) is 63.5 cm³/mol. The van der Waals surface area contributed by atoms with Crippen LogP contribution in [0.3, 0.4) is 0 Å². The Morgan fingerprint density at radius 3 is 3.06 bits per heavy atom. The van der Waals surface area contributed by atoms with Gasteiger partial charge < -0.3 is 10.4 Å². The van der Waals surface area contributed by atoms with E-state index in [0.717, 1.165) is 32.2 Å². The molecule has 0 saturated heterocycles. The third-order valence-corrected chi connectivity index (χ3v) is 3.11. The van der Waals surface area contributed by atoms with Crippen LogP contribution in [-0.4, -0.2) is 27.7 Å². The molecule has 1 fully saturated rings. The molecule has 0 aliphatic heterocycles. The van der Waals surface area contributed by atoms with Crippen LogP contribution in [0.2, 0.25) is 5.15 Å². The fourth-order valence-corrected chi connectivity index (χ4v) is 2.27. The Morgan fingerprint density at radius 1 is 1.44 bits per heavy atom. The standard InChI is InChI=1S/C11H16ClN3O/c12-10-6-13-7-11(15-10)14-5-8-2-1-3-9(16)4-8/h6-9,16H,1-5H2,(H,14,15). The van der Waals surface area contributed by atoms with Gasteiger partial charge in [0.15, 0.2) is 0 Å². The predicted octanol–water partition coefficient (Wildman–Crippen LogP) is 2.09. The molecule has 1 heterocycles. The number of aromatic nitrogens is 2. The van der Waals surface area contributed by atoms with Gasteiger partial charge in [-0.25, -0.2) is 4.98 Å². The molecule has 2 rings (SSSR count). The van der Waals surface area contributed by atoms with Crippen LogP contribution in [-0.2, 0) is 0 Å². The van der Waals surface area contributed by atoms with E-state index < -0.39 is 0 Å². The molecule has 0 bridgehead atoms. The normalized spacial score (nSPS) is 25.4. The minimum absolute atomic E-state index is 0.133. The summed E-state index contributed by atoms with van der Waals surface area (Å²) in [6.07, 6.45) is 7.12. The van der Waals surface area contributed by atoms with Crippen LogP contribution < -0.4 is 5.32 Å². The fraction of sp³-hybridized carbons (Fsp3) is 0.636. The number of aliphatic hydroxyl groups excluding tert-OH is 1. The van der Waals surface area contributed by atoms with Crippen LogP contribution in [0.25, 0.3) is 0 Å². The lowest BCUT2D eigenvalue weighted by Gasteiger charge is -2.25. The summed E-state index contributed by atoms with van der Waals surface area (Å²) in [6, 6.07) is 0. The molecule has 2 unspecified atom stereocenters. The van der Waals surface area contributed by atoms with E-state index in [2.05, 4.69) is 15.3 Å². The highest BCUT2D eigenvalue weighted by Gasteiger charge is 2.19. The number of anilines is 1. The van der Waals surface area contributed by atoms with Gasteiger partial charge in [0.2, 0.25) is 0 Å². The molecule has 0 amide bonds. The molecule has 0 radical (unpaired) electrons. The summed E-state index contributed by atoms with van der Waals surface area (Å²) in [5, 5.41) is 13.1. The van der Waals surface area contributed by atoms with E-state index in [1.807, 2.05) is 0 Å². The van der Waals surface area contributed by atoms with Crippen LogP contribution in [0.4, 0.5) is 5.82 Å². The molecule has 88 valence electrons. The van der Waals surface area contributed by atoms with E-state index in [1.54, 1.807) is 6.20 Å². The molecule has 1 aliphatic rings. The summed E-state index contributed by atoms with van der Waals surface area (Å²) in [6.45, 7) is 0.825. The Bertz CT molecular complexity index is 348. The molecule has 1 saturated carbocycles. The Labute approximate surface area is 100 Å². The summed E-state index contributed by atoms with van der Waals surface area (Å²) in [5.41, 5.74) is 0. The average molecular weight is 242 g/mol. The van der Waals surface area contributed by atoms with Gasteiger partial charge in [-0.3, -0.25) is 4.98 Å². The highest BCUT2D eigenvalue weighted by molar-refractivity contribution is 6.29. The maximum atomic E-state index is 9.54. The highest BCUT2D eigenvalue weighted by Crippen LogP contribution is 2.24. The summed E-state index contributed by atoms with van der Waals surface area (Å²) in [4.78, 5) is 8.06. The monoisotopic (exact) mass is 241 g/mol. The van der Waals surface area contributed by atoms with Gasteiger partial charge in [0, 0.05) is 6.54 Å². The molecule has 1 aliphatic carbocycles. The van der Waals surface area contributed by atoms with Gasteiger partial charge in [0.1, 0.15) is 11.0 Å². The molecule has 5 heteroatoms. The Hall–Kier alpha value is -0.870. The zero-order valence-corrected chi connectivity index (χ0v) is 9.82. The van der Waals surface area contributed by atoms with Crippen molar-refractivity contribution in [2.45, 2.75) is 31.8 Å². The van der Waals surface area contributed by atoms with E-state index >= 15 is 0 Å². The second-order valence-corrected chi connectivity index (χ2v) is 4.68. The third-order valence-electron chi connectivity index (χ3n) is 2.93. The first-order valence-corrected chi connectivity index (χ1v) is 6.01. The molecule has 1 aromatic rings. The molecule has 0 spiro atoms. The van der Waals surface area contributed by atoms with E-state index in [4.69, 9.17) is 11.6 Å². The molecule has 0 aromatic carbocycles. The summed E-state index contributed by atoms with van der Waals surface area (Å²) in [5.74, 6) is 1.22. The van der Waals surface area contributed by atoms with E-state index in [9.17, 15) is 5.11 Å². The first-order chi connectivity index (χ1) is 7.74. The number of aliphatic hydroxyl groups is 1. The largest absolute Gasteiger partial charge is 0.393 e. The summed E-state index contributed by atoms with van der Waals surface area (Å²) in [7, 11) is 0. The second kappa shape index (κ2) is 5.46. The van der Waals surface area contributed by atoms with Crippen LogP contribution in [0.1, 0.15) is 25.7 Å². The minimum Gasteiger partial charge on any atom is -0.393 e. The molecule has 16 heavy (non-hydrogen) atoms. The van der Waals surface area contributed by atoms with Gasteiger partial charge in [-0.15, -0.1) is 0 Å². The van der Waals surface area contributed by atoms with Crippen molar-refractivity contribution in [3.8, 4) is 0 Å². The van der Waals surface area contributed by atoms with Gasteiger partial charge in [0.05, 0.1) is 18.5 Å². The number of nitrogens with one attached hydrogen (secondary N) is 1. The number of hydrogen-bond acceptors (Lipinski definition) is 4. The average Bonchev–Trinajstić information content (AvgIpc) is 2.27. The van der Waals surface area contributed by atoms with Gasteiger partial charge in [0.25, 0.3) is 0 Å². The van der Waals surface area contributed by atoms with Crippen molar-refractivity contribution >= 4 is 17.4 Å². The molecule has 4 nitrogen and oxygen atoms in total. The quantitative estimate of drug-likeness (QED) is 0.851. The second-order valence-electron chi connectivity index (χ2n) is 4.29. The maximum Gasteiger partial charge on any atom is 0.149 e. The van der Waals surface area contributed by atoms with E-state index in [1.165, 1.54) is 6.20 Å². The van der Waals surface area contributed by atoms with Crippen LogP contribution in [0, 0.1) is 5.92 Å². The number of hydrogen-bond donors (Lipinski definition) is 2. The minimum atomic E-state index is -0.133. The van der Waals surface area contributed by atoms with Gasteiger partial charge in [-0.05, 0) is 25.2 Å². The van der Waals surface area contributed by atoms with Crippen LogP contribution in [0.5, 0.6) is 0 Å². The number of nitrogens with zero attached hydrogens (tertiary/aromatic N) is 2. The van der Waals surface area contributed by atoms with E-state index in [-0.39, 0.29) is 6.10 Å². The first kappa shape index (κ1) is 11.6. The fourth-order valence-electron chi connectivity index (χ4n) is 2.12. The highest BCUT2D eigenvalue weighted by atomic mass is 35.5. The van der Waals surface area contributed by atoms with Gasteiger partial charge in [-0.2, -0.15) is 0 Å². The molecule has 1 aromatic heterocycles. The Balaban J connectivity index is 1.82. The Kier molecular flexibility index (Phi) is 3.96. The van der Waals surface area contributed by atoms with Crippen molar-refractivity contribution in [2.75, 3.05) is 11.9 Å². The topological polar surface area (TPSA) is 58.0 Å². The van der Waals surface area contributed by atoms with E-state index in [0.29, 0.717) is 16.9 Å². The molecular formula is C11H16ClN3O. The van der Waals surface area contributed by atoms with Crippen molar-refractivity contribution in [1.29, 1.82) is 0 Å². The lowest BCUT2D eigenvalue weighted by atomic mass is 9.87. The first-order valence-electron chi connectivity index (χ1n) is 5.63. The molecule has 2 atom stereocenters. The van der Waals surface area contributed by atoms with Gasteiger partial charge >= 0.3 is 0 Å². The smallest absolute Gasteiger partial charge is 0.149 e. The maximum absolute atomic E-state index is 9.54. The SMILES string of the molecule is OC1CCCC(CNc2cncc(Cl)n2)C1. The number of halogens is 1.